The third-order valence-electron chi connectivity index (χ3n) is 3.68. The number of aromatic nitrogens is 1. The van der Waals surface area contributed by atoms with E-state index in [2.05, 4.69) is 64.6 Å². The molecule has 2 nitrogen and oxygen atoms in total. The van der Waals surface area contributed by atoms with Crippen molar-refractivity contribution in [3.05, 3.63) is 59.3 Å². The third kappa shape index (κ3) is 3.15. The van der Waals surface area contributed by atoms with Crippen LogP contribution in [0.3, 0.4) is 0 Å². The fourth-order valence-electron chi connectivity index (χ4n) is 2.54. The molecule has 0 aliphatic carbocycles. The molecule has 110 valence electrons. The van der Waals surface area contributed by atoms with Crippen LogP contribution >= 0.6 is 0 Å². The zero-order valence-corrected chi connectivity index (χ0v) is 13.6. The normalized spacial score (nSPS) is 11.5. The highest BCUT2D eigenvalue weighted by Gasteiger charge is 2.22. The van der Waals surface area contributed by atoms with E-state index in [1.165, 1.54) is 11.1 Å². The van der Waals surface area contributed by atoms with Crippen LogP contribution in [0.5, 0.6) is 0 Å². The minimum absolute atomic E-state index is 0.00914. The molecule has 0 fully saturated rings. The number of nitrogens with two attached hydrogens (primary N) is 1. The minimum atomic E-state index is -0.00914. The van der Waals surface area contributed by atoms with Crippen LogP contribution in [-0.4, -0.2) is 4.98 Å². The van der Waals surface area contributed by atoms with E-state index in [9.17, 15) is 0 Å². The predicted molar refractivity (Wildman–Crippen MR) is 91.1 cm³/mol. The van der Waals surface area contributed by atoms with Gasteiger partial charge in [0.2, 0.25) is 0 Å². The molecule has 2 heteroatoms. The molecule has 0 saturated heterocycles. The van der Waals surface area contributed by atoms with E-state index in [0.717, 1.165) is 22.5 Å². The summed E-state index contributed by atoms with van der Waals surface area (Å²) in [4.78, 5) is 4.73. The molecule has 1 heterocycles. The average molecular weight is 280 g/mol. The van der Waals surface area contributed by atoms with Gasteiger partial charge in [-0.15, -0.1) is 0 Å². The Morgan fingerprint density at radius 2 is 1.67 bits per heavy atom. The summed E-state index contributed by atoms with van der Waals surface area (Å²) in [5.74, 6) is 0. The molecule has 0 spiro atoms. The molecular weight excluding hydrogens is 256 g/mol. The molecule has 1 aromatic heterocycles. The van der Waals surface area contributed by atoms with Gasteiger partial charge < -0.3 is 5.73 Å². The molecule has 0 atom stereocenters. The third-order valence-corrected chi connectivity index (χ3v) is 3.68. The lowest BCUT2D eigenvalue weighted by molar-refractivity contribution is 0.587. The number of hydrogen-bond donors (Lipinski definition) is 1. The summed E-state index contributed by atoms with van der Waals surface area (Å²) < 4.78 is 0. The Labute approximate surface area is 127 Å². The van der Waals surface area contributed by atoms with Gasteiger partial charge in [-0.2, -0.15) is 0 Å². The van der Waals surface area contributed by atoms with Gasteiger partial charge in [0.05, 0.1) is 5.69 Å². The number of benzene rings is 1. The molecule has 1 aromatic carbocycles. The largest absolute Gasteiger partial charge is 0.399 e. The van der Waals surface area contributed by atoms with Gasteiger partial charge in [0.25, 0.3) is 0 Å². The minimum Gasteiger partial charge on any atom is -0.399 e. The number of hydrogen-bond acceptors (Lipinski definition) is 2. The highest BCUT2D eigenvalue weighted by atomic mass is 14.7. The molecule has 0 bridgehead atoms. The summed E-state index contributed by atoms with van der Waals surface area (Å²) in [5.41, 5.74) is 13.0. The molecule has 0 aliphatic heterocycles. The SMILES string of the molecule is C=C(N)c1c(C(C)(C)C)cc(-c2ccc(C)cc2)nc1C. The molecule has 2 rings (SSSR count). The average Bonchev–Trinajstić information content (AvgIpc) is 2.37. The Morgan fingerprint density at radius 1 is 1.10 bits per heavy atom. The first-order chi connectivity index (χ1) is 9.70. The quantitative estimate of drug-likeness (QED) is 0.873. The first-order valence-electron chi connectivity index (χ1n) is 7.24. The van der Waals surface area contributed by atoms with E-state index in [1.54, 1.807) is 0 Å². The van der Waals surface area contributed by atoms with Crippen LogP contribution in [0.15, 0.2) is 36.9 Å². The van der Waals surface area contributed by atoms with Gasteiger partial charge in [-0.25, -0.2) is 0 Å². The Balaban J connectivity index is 2.68. The summed E-state index contributed by atoms with van der Waals surface area (Å²) in [5, 5.41) is 0. The molecule has 0 amide bonds. The summed E-state index contributed by atoms with van der Waals surface area (Å²) in [6, 6.07) is 10.6. The zero-order chi connectivity index (χ0) is 15.8. The molecule has 2 aromatic rings. The van der Waals surface area contributed by atoms with Gasteiger partial charge in [-0.1, -0.05) is 57.2 Å². The van der Waals surface area contributed by atoms with Gasteiger partial charge in [0.1, 0.15) is 0 Å². The zero-order valence-electron chi connectivity index (χ0n) is 13.6. The van der Waals surface area contributed by atoms with Crippen LogP contribution in [0, 0.1) is 13.8 Å². The Morgan fingerprint density at radius 3 is 2.14 bits per heavy atom. The maximum atomic E-state index is 5.99. The van der Waals surface area contributed by atoms with Gasteiger partial charge in [0, 0.05) is 22.5 Å². The molecule has 0 aliphatic rings. The monoisotopic (exact) mass is 280 g/mol. The fraction of sp³-hybridized carbons (Fsp3) is 0.316. The Hall–Kier alpha value is -2.09. The molecule has 2 N–H and O–H groups in total. The number of rotatable bonds is 2. The predicted octanol–water partition coefficient (Wildman–Crippen LogP) is 4.59. The number of aryl methyl sites for hydroxylation is 2. The maximum absolute atomic E-state index is 5.99. The summed E-state index contributed by atoms with van der Waals surface area (Å²) in [6.45, 7) is 14.6. The van der Waals surface area contributed by atoms with E-state index in [1.807, 2.05) is 6.92 Å². The first-order valence-corrected chi connectivity index (χ1v) is 7.24. The van der Waals surface area contributed by atoms with E-state index < -0.39 is 0 Å². The van der Waals surface area contributed by atoms with Crippen LogP contribution in [-0.2, 0) is 5.41 Å². The maximum Gasteiger partial charge on any atom is 0.0708 e. The molecule has 0 radical (unpaired) electrons. The van der Waals surface area contributed by atoms with Crippen molar-refractivity contribution in [3.8, 4) is 11.3 Å². The Kier molecular flexibility index (Phi) is 3.91. The number of pyridine rings is 1. The van der Waals surface area contributed by atoms with Crippen LogP contribution < -0.4 is 5.73 Å². The second kappa shape index (κ2) is 5.36. The summed E-state index contributed by atoms with van der Waals surface area (Å²) in [7, 11) is 0. The molecule has 21 heavy (non-hydrogen) atoms. The van der Waals surface area contributed by atoms with Gasteiger partial charge >= 0.3 is 0 Å². The van der Waals surface area contributed by atoms with Crippen molar-refractivity contribution in [1.29, 1.82) is 0 Å². The van der Waals surface area contributed by atoms with Crippen LogP contribution in [0.1, 0.15) is 43.2 Å². The van der Waals surface area contributed by atoms with Crippen molar-refractivity contribution in [3.63, 3.8) is 0 Å². The van der Waals surface area contributed by atoms with E-state index in [4.69, 9.17) is 10.7 Å². The smallest absolute Gasteiger partial charge is 0.0708 e. The van der Waals surface area contributed by atoms with Gasteiger partial charge in [-0.3, -0.25) is 4.98 Å². The van der Waals surface area contributed by atoms with Crippen LogP contribution in [0.2, 0.25) is 0 Å². The standard InChI is InChI=1S/C19H24N2/c1-12-7-9-15(10-8-12)17-11-16(19(4,5)6)18(13(2)20)14(3)21-17/h7-11H,2,20H2,1,3-6H3. The highest BCUT2D eigenvalue weighted by molar-refractivity contribution is 5.71. The lowest BCUT2D eigenvalue weighted by atomic mass is 9.82. The van der Waals surface area contributed by atoms with Gasteiger partial charge in [-0.05, 0) is 30.9 Å². The van der Waals surface area contributed by atoms with Crippen LogP contribution in [0.25, 0.3) is 17.0 Å². The second-order valence-electron chi connectivity index (χ2n) is 6.66. The molecular formula is C19H24N2. The Bertz CT molecular complexity index is 674. The topological polar surface area (TPSA) is 38.9 Å². The molecule has 0 unspecified atom stereocenters. The van der Waals surface area contributed by atoms with Gasteiger partial charge in [0.15, 0.2) is 0 Å². The highest BCUT2D eigenvalue weighted by Crippen LogP contribution is 2.33. The summed E-state index contributed by atoms with van der Waals surface area (Å²) in [6.07, 6.45) is 0. The second-order valence-corrected chi connectivity index (χ2v) is 6.66. The van der Waals surface area contributed by atoms with Crippen molar-refractivity contribution in [2.45, 2.75) is 40.0 Å². The van der Waals surface area contributed by atoms with Crippen molar-refractivity contribution >= 4 is 5.70 Å². The van der Waals surface area contributed by atoms with E-state index in [0.29, 0.717) is 5.70 Å². The summed E-state index contributed by atoms with van der Waals surface area (Å²) >= 11 is 0. The van der Waals surface area contributed by atoms with Crippen molar-refractivity contribution in [1.82, 2.24) is 4.98 Å². The van der Waals surface area contributed by atoms with Crippen molar-refractivity contribution in [2.75, 3.05) is 0 Å². The lowest BCUT2D eigenvalue weighted by Crippen LogP contribution is -2.17. The van der Waals surface area contributed by atoms with E-state index >= 15 is 0 Å². The van der Waals surface area contributed by atoms with Crippen molar-refractivity contribution < 1.29 is 0 Å². The molecule has 0 saturated carbocycles. The number of nitrogens with zero attached hydrogens (tertiary/aromatic N) is 1. The van der Waals surface area contributed by atoms with Crippen molar-refractivity contribution in [2.24, 2.45) is 5.73 Å². The fourth-order valence-corrected chi connectivity index (χ4v) is 2.54. The van der Waals surface area contributed by atoms with Crippen LogP contribution in [0.4, 0.5) is 0 Å². The van der Waals surface area contributed by atoms with E-state index in [-0.39, 0.29) is 5.41 Å². The lowest BCUT2D eigenvalue weighted by Gasteiger charge is -2.25. The first kappa shape index (κ1) is 15.3.